The van der Waals surface area contributed by atoms with Gasteiger partial charge in [-0.2, -0.15) is 0 Å². The molecule has 7 nitrogen and oxygen atoms in total. The van der Waals surface area contributed by atoms with Gasteiger partial charge in [-0.3, -0.25) is 19.2 Å². The standard InChI is InChI=1S/C45H70O7/c1-25(2)26-15-20-45(33(46)24-28(36(47)48)39(3,4)5)22-21-43(11)27(35(26)45)13-14-32-42(10)18-17-34(41(8,9)31(42)16-19-44(32,43)12)52-38(51)30-23-29(37(49)50)40(30,6)7/h26-32,34-35H,1,13-24H2,2-12H3,(H,47,48)(H,49,50)/t26-,27?,28?,29-,30?,31-,32+,34-,35?,42-,43+,44+,45+/m0/s1. The lowest BCUT2D eigenvalue weighted by atomic mass is 9.32. The minimum absolute atomic E-state index is 0.0521. The summed E-state index contributed by atoms with van der Waals surface area (Å²) in [6.45, 7) is 28.6. The first-order valence-electron chi connectivity index (χ1n) is 20.7. The fraction of sp³-hybridized carbons (Fsp3) is 0.867. The summed E-state index contributed by atoms with van der Waals surface area (Å²) in [4.78, 5) is 52.5. The van der Waals surface area contributed by atoms with Crippen molar-refractivity contribution in [1.82, 2.24) is 0 Å². The van der Waals surface area contributed by atoms with Gasteiger partial charge >= 0.3 is 17.9 Å². The van der Waals surface area contributed by atoms with Crippen molar-refractivity contribution < 1.29 is 34.1 Å². The number of carbonyl (C=O) groups excluding carboxylic acids is 2. The van der Waals surface area contributed by atoms with E-state index in [9.17, 15) is 29.4 Å². The van der Waals surface area contributed by atoms with Crippen LogP contribution in [0.15, 0.2) is 12.2 Å². The summed E-state index contributed by atoms with van der Waals surface area (Å²) in [6.07, 6.45) is 10.2. The van der Waals surface area contributed by atoms with Crippen LogP contribution in [0.25, 0.3) is 0 Å². The number of aliphatic carboxylic acids is 2. The average molecular weight is 723 g/mol. The Morgan fingerprint density at radius 2 is 1.42 bits per heavy atom. The molecule has 6 rings (SSSR count). The quantitative estimate of drug-likeness (QED) is 0.189. The molecule has 0 aromatic rings. The van der Waals surface area contributed by atoms with E-state index >= 15 is 0 Å². The molecular formula is C45H70O7. The van der Waals surface area contributed by atoms with Crippen molar-refractivity contribution in [3.63, 3.8) is 0 Å². The molecule has 0 aliphatic heterocycles. The fourth-order valence-corrected chi connectivity index (χ4v) is 14.9. The van der Waals surface area contributed by atoms with Crippen LogP contribution in [0.4, 0.5) is 0 Å². The molecule has 0 bridgehead atoms. The first-order chi connectivity index (χ1) is 23.8. The van der Waals surface area contributed by atoms with Crippen LogP contribution >= 0.6 is 0 Å². The van der Waals surface area contributed by atoms with Gasteiger partial charge in [0.15, 0.2) is 0 Å². The second kappa shape index (κ2) is 12.4. The van der Waals surface area contributed by atoms with Gasteiger partial charge in [-0.05, 0) is 134 Å². The Kier molecular flexibility index (Phi) is 9.43. The molecule has 2 N–H and O–H groups in total. The summed E-state index contributed by atoms with van der Waals surface area (Å²) >= 11 is 0. The molecule has 0 aromatic heterocycles. The predicted octanol–water partition coefficient (Wildman–Crippen LogP) is 10.0. The number of fused-ring (bicyclic) bond motifs is 7. The van der Waals surface area contributed by atoms with E-state index in [-0.39, 0.29) is 63.7 Å². The van der Waals surface area contributed by atoms with Gasteiger partial charge in [-0.15, -0.1) is 0 Å². The molecule has 6 aliphatic rings. The molecular weight excluding hydrogens is 652 g/mol. The Labute approximate surface area is 313 Å². The molecule has 0 spiro atoms. The Bertz CT molecular complexity index is 1520. The van der Waals surface area contributed by atoms with Crippen LogP contribution in [0, 0.1) is 85.2 Å². The zero-order valence-electron chi connectivity index (χ0n) is 34.3. The summed E-state index contributed by atoms with van der Waals surface area (Å²) in [5.41, 5.74) is -0.369. The molecule has 0 amide bonds. The minimum Gasteiger partial charge on any atom is -0.481 e. The first-order valence-corrected chi connectivity index (χ1v) is 20.7. The zero-order chi connectivity index (χ0) is 38.8. The average Bonchev–Trinajstić information content (AvgIpc) is 3.41. The molecule has 13 atom stereocenters. The maximum atomic E-state index is 14.7. The number of carboxylic acids is 2. The number of ketones is 1. The van der Waals surface area contributed by atoms with Gasteiger partial charge in [0, 0.05) is 17.3 Å². The largest absolute Gasteiger partial charge is 0.481 e. The number of rotatable bonds is 8. The lowest BCUT2D eigenvalue weighted by Gasteiger charge is -2.73. The van der Waals surface area contributed by atoms with Crippen LogP contribution in [0.3, 0.4) is 0 Å². The Morgan fingerprint density at radius 1 is 0.769 bits per heavy atom. The normalized spacial score (nSPS) is 45.1. The van der Waals surface area contributed by atoms with Crippen LogP contribution in [0.5, 0.6) is 0 Å². The van der Waals surface area contributed by atoms with Gasteiger partial charge < -0.3 is 14.9 Å². The number of Topliss-reactive ketones (excluding diaryl/α,β-unsaturated/α-hetero) is 1. The number of allylic oxidation sites excluding steroid dienone is 1. The van der Waals surface area contributed by atoms with Crippen LogP contribution in [-0.4, -0.2) is 40.0 Å². The second-order valence-corrected chi connectivity index (χ2v) is 22.0. The Hall–Kier alpha value is -2.18. The topological polar surface area (TPSA) is 118 Å². The summed E-state index contributed by atoms with van der Waals surface area (Å²) in [6, 6.07) is 0. The molecule has 6 fully saturated rings. The number of hydrogen-bond acceptors (Lipinski definition) is 5. The Balaban J connectivity index is 1.26. The molecule has 6 saturated carbocycles. The number of carboxylic acid groups (broad SMARTS) is 2. The molecule has 7 heteroatoms. The van der Waals surface area contributed by atoms with E-state index in [0.717, 1.165) is 64.2 Å². The zero-order valence-corrected chi connectivity index (χ0v) is 34.3. The molecule has 292 valence electrons. The van der Waals surface area contributed by atoms with Crippen molar-refractivity contribution in [3.05, 3.63) is 12.2 Å². The SMILES string of the molecule is C=C(C)[C@@H]1CC[C@]2(C(=O)CC(C(=O)O)C(C)(C)C)CC[C@]3(C)C(CC[C@@H]4[C@@]5(C)CC[C@H](OC(=O)C6C[C@@H](C(=O)O)C6(C)C)C(C)(C)[C@@H]5CC[C@]43C)C12. The third-order valence-corrected chi connectivity index (χ3v) is 18.4. The fourth-order valence-electron chi connectivity index (χ4n) is 14.9. The van der Waals surface area contributed by atoms with Gasteiger partial charge in [0.1, 0.15) is 11.9 Å². The molecule has 0 heterocycles. The number of ether oxygens (including phenoxy) is 1. The molecule has 52 heavy (non-hydrogen) atoms. The van der Waals surface area contributed by atoms with Gasteiger partial charge in [0.25, 0.3) is 0 Å². The highest BCUT2D eigenvalue weighted by molar-refractivity contribution is 5.89. The molecule has 6 aliphatic carbocycles. The van der Waals surface area contributed by atoms with Crippen LogP contribution in [0.2, 0.25) is 0 Å². The number of hydrogen-bond donors (Lipinski definition) is 2. The van der Waals surface area contributed by atoms with Gasteiger partial charge in [-0.1, -0.05) is 81.4 Å². The highest BCUT2D eigenvalue weighted by Gasteiger charge is 2.72. The maximum Gasteiger partial charge on any atom is 0.309 e. The first kappa shape index (κ1) is 39.5. The minimum atomic E-state index is -0.868. The lowest BCUT2D eigenvalue weighted by Crippen LogP contribution is -2.67. The van der Waals surface area contributed by atoms with E-state index in [1.165, 1.54) is 5.57 Å². The summed E-state index contributed by atoms with van der Waals surface area (Å²) < 4.78 is 6.40. The molecule has 0 radical (unpaired) electrons. The van der Waals surface area contributed by atoms with Crippen LogP contribution in [0.1, 0.15) is 153 Å². The summed E-state index contributed by atoms with van der Waals surface area (Å²) in [7, 11) is 0. The van der Waals surface area contributed by atoms with Crippen molar-refractivity contribution in [2.45, 2.75) is 159 Å². The number of esters is 1. The molecule has 4 unspecified atom stereocenters. The summed E-state index contributed by atoms with van der Waals surface area (Å²) in [5, 5.41) is 19.9. The van der Waals surface area contributed by atoms with Crippen molar-refractivity contribution >= 4 is 23.7 Å². The molecule has 0 saturated heterocycles. The van der Waals surface area contributed by atoms with Crippen molar-refractivity contribution in [2.75, 3.05) is 0 Å². The van der Waals surface area contributed by atoms with Gasteiger partial charge in [0.2, 0.25) is 0 Å². The third kappa shape index (κ3) is 5.44. The van der Waals surface area contributed by atoms with Gasteiger partial charge in [-0.25, -0.2) is 0 Å². The van der Waals surface area contributed by atoms with E-state index in [1.54, 1.807) is 0 Å². The smallest absolute Gasteiger partial charge is 0.309 e. The highest BCUT2D eigenvalue weighted by atomic mass is 16.5. The van der Waals surface area contributed by atoms with Crippen molar-refractivity contribution in [3.8, 4) is 0 Å². The maximum absolute atomic E-state index is 14.7. The monoisotopic (exact) mass is 723 g/mol. The van der Waals surface area contributed by atoms with E-state index < -0.39 is 40.0 Å². The van der Waals surface area contributed by atoms with E-state index in [1.807, 2.05) is 34.6 Å². The number of carbonyl (C=O) groups is 4. The van der Waals surface area contributed by atoms with Crippen molar-refractivity contribution in [1.29, 1.82) is 0 Å². The summed E-state index contributed by atoms with van der Waals surface area (Å²) in [5.74, 6) is -1.53. The second-order valence-electron chi connectivity index (χ2n) is 22.0. The third-order valence-electron chi connectivity index (χ3n) is 18.4. The Morgan fingerprint density at radius 3 is 1.98 bits per heavy atom. The van der Waals surface area contributed by atoms with Gasteiger partial charge in [0.05, 0.1) is 17.8 Å². The van der Waals surface area contributed by atoms with E-state index in [2.05, 4.69) is 48.1 Å². The van der Waals surface area contributed by atoms with E-state index in [4.69, 9.17) is 4.74 Å². The lowest BCUT2D eigenvalue weighted by molar-refractivity contribution is -0.250. The van der Waals surface area contributed by atoms with Crippen molar-refractivity contribution in [2.24, 2.45) is 85.2 Å². The predicted molar refractivity (Wildman–Crippen MR) is 202 cm³/mol. The van der Waals surface area contributed by atoms with Crippen LogP contribution < -0.4 is 0 Å². The molecule has 0 aromatic carbocycles. The van der Waals surface area contributed by atoms with E-state index in [0.29, 0.717) is 24.2 Å². The highest BCUT2D eigenvalue weighted by Crippen LogP contribution is 2.78. The van der Waals surface area contributed by atoms with Crippen LogP contribution in [-0.2, 0) is 23.9 Å².